The largest absolute Gasteiger partial charge is 0.357 e. The SMILES string of the molecule is CCNC(=NCc1ccccc1C)NC(C)CCCN(CC)CC. The average Bonchev–Trinajstić information content (AvgIpc) is 2.58. The zero-order valence-electron chi connectivity index (χ0n) is 16.2. The Bertz CT molecular complexity index is 480. The molecule has 0 aliphatic rings. The highest BCUT2D eigenvalue weighted by Gasteiger charge is 2.07. The van der Waals surface area contributed by atoms with Gasteiger partial charge in [-0.25, -0.2) is 4.99 Å². The van der Waals surface area contributed by atoms with Crippen LogP contribution in [0.15, 0.2) is 29.3 Å². The summed E-state index contributed by atoms with van der Waals surface area (Å²) in [5.74, 6) is 0.913. The van der Waals surface area contributed by atoms with Crippen molar-refractivity contribution < 1.29 is 0 Å². The molecule has 1 atom stereocenters. The van der Waals surface area contributed by atoms with Crippen LogP contribution in [0.1, 0.15) is 51.7 Å². The molecular formula is C20H36N4. The molecule has 0 bridgehead atoms. The third-order valence-electron chi connectivity index (χ3n) is 4.40. The molecule has 0 aliphatic carbocycles. The molecule has 4 heteroatoms. The van der Waals surface area contributed by atoms with Crippen molar-refractivity contribution in [2.45, 2.75) is 60.0 Å². The van der Waals surface area contributed by atoms with E-state index >= 15 is 0 Å². The monoisotopic (exact) mass is 332 g/mol. The molecule has 1 aromatic rings. The van der Waals surface area contributed by atoms with Crippen LogP contribution in [0.4, 0.5) is 0 Å². The van der Waals surface area contributed by atoms with Crippen molar-refractivity contribution >= 4 is 5.96 Å². The van der Waals surface area contributed by atoms with E-state index in [2.05, 4.69) is 74.4 Å². The van der Waals surface area contributed by atoms with E-state index in [1.807, 2.05) is 0 Å². The lowest BCUT2D eigenvalue weighted by atomic mass is 10.1. The lowest BCUT2D eigenvalue weighted by molar-refractivity contribution is 0.292. The molecule has 4 nitrogen and oxygen atoms in total. The summed E-state index contributed by atoms with van der Waals surface area (Å²) < 4.78 is 0. The molecule has 0 saturated carbocycles. The summed E-state index contributed by atoms with van der Waals surface area (Å²) in [6.45, 7) is 16.0. The van der Waals surface area contributed by atoms with Crippen molar-refractivity contribution in [1.29, 1.82) is 0 Å². The fraction of sp³-hybridized carbons (Fsp3) is 0.650. The lowest BCUT2D eigenvalue weighted by Gasteiger charge is -2.21. The van der Waals surface area contributed by atoms with Crippen molar-refractivity contribution in [2.75, 3.05) is 26.2 Å². The summed E-state index contributed by atoms with van der Waals surface area (Å²) in [4.78, 5) is 7.22. The number of hydrogen-bond acceptors (Lipinski definition) is 2. The average molecular weight is 333 g/mol. The van der Waals surface area contributed by atoms with E-state index in [4.69, 9.17) is 4.99 Å². The highest BCUT2D eigenvalue weighted by molar-refractivity contribution is 5.80. The first-order valence-corrected chi connectivity index (χ1v) is 9.42. The van der Waals surface area contributed by atoms with Gasteiger partial charge in [-0.3, -0.25) is 0 Å². The zero-order valence-corrected chi connectivity index (χ0v) is 16.2. The minimum absolute atomic E-state index is 0.426. The molecule has 2 N–H and O–H groups in total. The number of rotatable bonds is 10. The summed E-state index contributed by atoms with van der Waals surface area (Å²) in [7, 11) is 0. The second-order valence-electron chi connectivity index (χ2n) is 6.34. The van der Waals surface area contributed by atoms with Crippen LogP contribution >= 0.6 is 0 Å². The second kappa shape index (κ2) is 11.9. The first kappa shape index (κ1) is 20.5. The highest BCUT2D eigenvalue weighted by Crippen LogP contribution is 2.08. The second-order valence-corrected chi connectivity index (χ2v) is 6.34. The molecule has 136 valence electrons. The number of nitrogens with one attached hydrogen (secondary N) is 2. The Morgan fingerprint density at radius 2 is 1.88 bits per heavy atom. The maximum absolute atomic E-state index is 4.74. The van der Waals surface area contributed by atoms with Crippen LogP contribution in [0.2, 0.25) is 0 Å². The number of hydrogen-bond donors (Lipinski definition) is 2. The van der Waals surface area contributed by atoms with Crippen molar-refractivity contribution in [3.05, 3.63) is 35.4 Å². The van der Waals surface area contributed by atoms with E-state index < -0.39 is 0 Å². The molecule has 0 fully saturated rings. The van der Waals surface area contributed by atoms with Gasteiger partial charge < -0.3 is 15.5 Å². The quantitative estimate of drug-likeness (QED) is 0.508. The number of nitrogens with zero attached hydrogens (tertiary/aromatic N) is 2. The van der Waals surface area contributed by atoms with Crippen LogP contribution in [0.25, 0.3) is 0 Å². The standard InChI is InChI=1S/C20H36N4/c1-6-21-20(22-16-19-14-10-9-12-17(19)4)23-18(5)13-11-15-24(7-2)8-3/h9-10,12,14,18H,6-8,11,13,15-16H2,1-5H3,(H2,21,22,23). The predicted molar refractivity (Wildman–Crippen MR) is 106 cm³/mol. The van der Waals surface area contributed by atoms with Gasteiger partial charge in [0.15, 0.2) is 5.96 Å². The Morgan fingerprint density at radius 3 is 2.50 bits per heavy atom. The fourth-order valence-electron chi connectivity index (χ4n) is 2.74. The first-order chi connectivity index (χ1) is 11.6. The van der Waals surface area contributed by atoms with Gasteiger partial charge in [-0.2, -0.15) is 0 Å². The molecule has 24 heavy (non-hydrogen) atoms. The van der Waals surface area contributed by atoms with Gasteiger partial charge in [0.2, 0.25) is 0 Å². The number of benzene rings is 1. The molecule has 0 amide bonds. The number of guanidine groups is 1. The summed E-state index contributed by atoms with van der Waals surface area (Å²) >= 11 is 0. The minimum atomic E-state index is 0.426. The van der Waals surface area contributed by atoms with Gasteiger partial charge in [0.05, 0.1) is 6.54 Å². The van der Waals surface area contributed by atoms with Crippen molar-refractivity contribution in [3.8, 4) is 0 Å². The molecule has 0 aromatic heterocycles. The van der Waals surface area contributed by atoms with E-state index in [-0.39, 0.29) is 0 Å². The van der Waals surface area contributed by atoms with Crippen molar-refractivity contribution in [2.24, 2.45) is 4.99 Å². The Balaban J connectivity index is 2.49. The Morgan fingerprint density at radius 1 is 1.17 bits per heavy atom. The maximum atomic E-state index is 4.74. The zero-order chi connectivity index (χ0) is 17.8. The maximum Gasteiger partial charge on any atom is 0.191 e. The Labute approximate surface area is 148 Å². The smallest absolute Gasteiger partial charge is 0.191 e. The molecular weight excluding hydrogens is 296 g/mol. The Hall–Kier alpha value is -1.55. The molecule has 0 radical (unpaired) electrons. The van der Waals surface area contributed by atoms with Gasteiger partial charge in [-0.15, -0.1) is 0 Å². The van der Waals surface area contributed by atoms with Crippen LogP contribution in [-0.4, -0.2) is 43.1 Å². The summed E-state index contributed by atoms with van der Waals surface area (Å²) in [6, 6.07) is 8.87. The van der Waals surface area contributed by atoms with E-state index in [9.17, 15) is 0 Å². The van der Waals surface area contributed by atoms with Crippen molar-refractivity contribution in [3.63, 3.8) is 0 Å². The molecule has 0 heterocycles. The molecule has 0 aliphatic heterocycles. The van der Waals surface area contributed by atoms with E-state index in [1.165, 1.54) is 24.1 Å². The van der Waals surface area contributed by atoms with Gasteiger partial charge in [0.1, 0.15) is 0 Å². The van der Waals surface area contributed by atoms with Crippen LogP contribution in [0, 0.1) is 6.92 Å². The van der Waals surface area contributed by atoms with Crippen LogP contribution < -0.4 is 10.6 Å². The molecule has 0 spiro atoms. The van der Waals surface area contributed by atoms with E-state index in [0.717, 1.165) is 32.0 Å². The van der Waals surface area contributed by atoms with Crippen LogP contribution in [-0.2, 0) is 6.54 Å². The summed E-state index contributed by atoms with van der Waals surface area (Å²) in [5.41, 5.74) is 2.58. The minimum Gasteiger partial charge on any atom is -0.357 e. The topological polar surface area (TPSA) is 39.7 Å². The van der Waals surface area contributed by atoms with Gasteiger partial charge >= 0.3 is 0 Å². The van der Waals surface area contributed by atoms with Gasteiger partial charge in [0.25, 0.3) is 0 Å². The highest BCUT2D eigenvalue weighted by atomic mass is 15.2. The third kappa shape index (κ3) is 7.82. The predicted octanol–water partition coefficient (Wildman–Crippen LogP) is 3.56. The normalized spacial score (nSPS) is 13.2. The molecule has 1 rings (SSSR count). The van der Waals surface area contributed by atoms with E-state index in [0.29, 0.717) is 12.6 Å². The first-order valence-electron chi connectivity index (χ1n) is 9.42. The third-order valence-corrected chi connectivity index (χ3v) is 4.40. The van der Waals surface area contributed by atoms with Gasteiger partial charge in [-0.05, 0) is 64.4 Å². The van der Waals surface area contributed by atoms with Gasteiger partial charge in [0, 0.05) is 12.6 Å². The number of aliphatic imine (C=N–C) groups is 1. The number of aryl methyl sites for hydroxylation is 1. The summed E-state index contributed by atoms with van der Waals surface area (Å²) in [6.07, 6.45) is 2.37. The molecule has 1 unspecified atom stereocenters. The fourth-order valence-corrected chi connectivity index (χ4v) is 2.74. The molecule has 1 aromatic carbocycles. The Kier molecular flexibility index (Phi) is 10.2. The summed E-state index contributed by atoms with van der Waals surface area (Å²) in [5, 5.41) is 6.89. The molecule has 0 saturated heterocycles. The van der Waals surface area contributed by atoms with Gasteiger partial charge in [-0.1, -0.05) is 38.1 Å². The van der Waals surface area contributed by atoms with Crippen LogP contribution in [0.3, 0.4) is 0 Å². The van der Waals surface area contributed by atoms with Crippen LogP contribution in [0.5, 0.6) is 0 Å². The van der Waals surface area contributed by atoms with Crippen molar-refractivity contribution in [1.82, 2.24) is 15.5 Å². The lowest BCUT2D eigenvalue weighted by Crippen LogP contribution is -2.42. The van der Waals surface area contributed by atoms with E-state index in [1.54, 1.807) is 0 Å².